The molecule has 0 aromatic heterocycles. The summed E-state index contributed by atoms with van der Waals surface area (Å²) in [5.41, 5.74) is 0.912. The molecule has 2 amide bonds. The minimum absolute atomic E-state index is 0.0633. The topological polar surface area (TPSA) is 65.9 Å². The fourth-order valence-corrected chi connectivity index (χ4v) is 3.16. The summed E-state index contributed by atoms with van der Waals surface area (Å²) in [6.07, 6.45) is 0. The van der Waals surface area contributed by atoms with Gasteiger partial charge in [-0.3, -0.25) is 9.59 Å². The van der Waals surface area contributed by atoms with Crippen LogP contribution in [0.2, 0.25) is 0 Å². The molecule has 0 saturated carbocycles. The molecule has 1 aromatic carbocycles. The predicted octanol–water partition coefficient (Wildman–Crippen LogP) is -0.332. The fraction of sp³-hybridized carbons (Fsp3) is 0.579. The van der Waals surface area contributed by atoms with Gasteiger partial charge in [0.1, 0.15) is 6.04 Å². The largest absolute Gasteiger partial charge is 0.360 e. The number of nitrogens with one attached hydrogen (secondary N) is 3. The van der Waals surface area contributed by atoms with E-state index in [9.17, 15) is 9.59 Å². The summed E-state index contributed by atoms with van der Waals surface area (Å²) in [5.74, 6) is -0.212. The number of carbonyl (C=O) groups excluding carboxylic acids is 2. The SMILES string of the molecule is CNC(=O)[C@@H](NC(=O)C[NH+]1CCN(c2ccccc2)CC1)C(C)(C)C. The standard InChI is InChI=1S/C19H30N4O2/c1-19(2,3)17(18(25)20-4)21-16(24)14-22-10-12-23(13-11-22)15-8-6-5-7-9-15/h5-9,17H,10-14H2,1-4H3,(H,20,25)(H,21,24)/p+1/t17-/m1/s1. The lowest BCUT2D eigenvalue weighted by molar-refractivity contribution is -0.892. The highest BCUT2D eigenvalue weighted by Gasteiger charge is 2.33. The monoisotopic (exact) mass is 347 g/mol. The summed E-state index contributed by atoms with van der Waals surface area (Å²) in [4.78, 5) is 28.1. The molecule has 25 heavy (non-hydrogen) atoms. The quantitative estimate of drug-likeness (QED) is 0.683. The molecule has 0 radical (unpaired) electrons. The zero-order chi connectivity index (χ0) is 18.4. The zero-order valence-corrected chi connectivity index (χ0v) is 15.8. The van der Waals surface area contributed by atoms with E-state index in [0.29, 0.717) is 6.54 Å². The number of likely N-dealkylation sites (N-methyl/N-ethyl adjacent to an activating group) is 1. The Balaban J connectivity index is 1.84. The first-order chi connectivity index (χ1) is 11.8. The maximum atomic E-state index is 12.4. The zero-order valence-electron chi connectivity index (χ0n) is 15.8. The second kappa shape index (κ2) is 8.34. The molecular formula is C19H31N4O2+. The Morgan fingerprint density at radius 3 is 2.28 bits per heavy atom. The van der Waals surface area contributed by atoms with Crippen molar-refractivity contribution in [3.63, 3.8) is 0 Å². The Kier molecular flexibility index (Phi) is 6.42. The second-order valence-electron chi connectivity index (χ2n) is 7.73. The third-order valence-corrected chi connectivity index (χ3v) is 4.68. The molecule has 6 nitrogen and oxygen atoms in total. The first-order valence-corrected chi connectivity index (χ1v) is 8.96. The fourth-order valence-electron chi connectivity index (χ4n) is 3.16. The third-order valence-electron chi connectivity index (χ3n) is 4.68. The number of anilines is 1. The van der Waals surface area contributed by atoms with Gasteiger partial charge in [-0.15, -0.1) is 0 Å². The van der Waals surface area contributed by atoms with Crippen molar-refractivity contribution in [3.05, 3.63) is 30.3 Å². The highest BCUT2D eigenvalue weighted by Crippen LogP contribution is 2.19. The normalized spacial score (nSPS) is 17.0. The summed E-state index contributed by atoms with van der Waals surface area (Å²) in [6.45, 7) is 9.99. The molecular weight excluding hydrogens is 316 g/mol. The van der Waals surface area contributed by atoms with Crippen molar-refractivity contribution in [1.82, 2.24) is 10.6 Å². The van der Waals surface area contributed by atoms with Crippen molar-refractivity contribution in [1.29, 1.82) is 0 Å². The molecule has 1 saturated heterocycles. The van der Waals surface area contributed by atoms with Crippen molar-refractivity contribution in [2.45, 2.75) is 26.8 Å². The molecule has 1 aliphatic heterocycles. The number of nitrogens with zero attached hydrogens (tertiary/aromatic N) is 1. The Hall–Kier alpha value is -2.08. The maximum absolute atomic E-state index is 12.4. The van der Waals surface area contributed by atoms with Crippen LogP contribution in [0, 0.1) is 5.41 Å². The van der Waals surface area contributed by atoms with E-state index >= 15 is 0 Å². The van der Waals surface area contributed by atoms with Crippen molar-refractivity contribution in [2.24, 2.45) is 5.41 Å². The average molecular weight is 347 g/mol. The maximum Gasteiger partial charge on any atom is 0.275 e. The van der Waals surface area contributed by atoms with Crippen molar-refractivity contribution in [2.75, 3.05) is 44.7 Å². The second-order valence-corrected chi connectivity index (χ2v) is 7.73. The minimum Gasteiger partial charge on any atom is -0.360 e. The van der Waals surface area contributed by atoms with Gasteiger partial charge in [-0.05, 0) is 17.5 Å². The van der Waals surface area contributed by atoms with E-state index in [0.717, 1.165) is 26.2 Å². The van der Waals surface area contributed by atoms with Crippen molar-refractivity contribution < 1.29 is 14.5 Å². The average Bonchev–Trinajstić information content (AvgIpc) is 2.59. The number of amides is 2. The van der Waals surface area contributed by atoms with Crippen LogP contribution in [0.4, 0.5) is 5.69 Å². The van der Waals surface area contributed by atoms with E-state index in [-0.39, 0.29) is 17.2 Å². The summed E-state index contributed by atoms with van der Waals surface area (Å²) in [7, 11) is 1.60. The summed E-state index contributed by atoms with van der Waals surface area (Å²) < 4.78 is 0. The number of quaternary nitrogens is 1. The molecule has 0 bridgehead atoms. The molecule has 0 unspecified atom stereocenters. The van der Waals surface area contributed by atoms with Crippen molar-refractivity contribution >= 4 is 17.5 Å². The minimum atomic E-state index is -0.519. The molecule has 1 fully saturated rings. The van der Waals surface area contributed by atoms with Crippen LogP contribution >= 0.6 is 0 Å². The van der Waals surface area contributed by atoms with E-state index in [1.54, 1.807) is 7.05 Å². The number of hydrogen-bond acceptors (Lipinski definition) is 3. The van der Waals surface area contributed by atoms with Gasteiger partial charge in [-0.25, -0.2) is 0 Å². The van der Waals surface area contributed by atoms with Gasteiger partial charge >= 0.3 is 0 Å². The first kappa shape index (κ1) is 19.2. The first-order valence-electron chi connectivity index (χ1n) is 8.96. The van der Waals surface area contributed by atoms with Crippen LogP contribution in [0.3, 0.4) is 0 Å². The molecule has 1 heterocycles. The summed E-state index contributed by atoms with van der Waals surface area (Å²) in [6, 6.07) is 9.84. The van der Waals surface area contributed by atoms with Crippen LogP contribution in [-0.4, -0.2) is 57.6 Å². The Labute approximate surface area is 150 Å². The number of benzene rings is 1. The molecule has 1 aliphatic rings. The van der Waals surface area contributed by atoms with E-state index in [1.165, 1.54) is 10.6 Å². The predicted molar refractivity (Wildman–Crippen MR) is 99.7 cm³/mol. The van der Waals surface area contributed by atoms with Gasteiger partial charge in [-0.1, -0.05) is 39.0 Å². The molecule has 1 atom stereocenters. The van der Waals surface area contributed by atoms with Crippen LogP contribution < -0.4 is 20.4 Å². The lowest BCUT2D eigenvalue weighted by Crippen LogP contribution is -3.16. The van der Waals surface area contributed by atoms with Crippen molar-refractivity contribution in [3.8, 4) is 0 Å². The van der Waals surface area contributed by atoms with Gasteiger partial charge in [0.15, 0.2) is 6.54 Å². The van der Waals surface area contributed by atoms with Gasteiger partial charge in [0.2, 0.25) is 5.91 Å². The summed E-state index contributed by atoms with van der Waals surface area (Å²) >= 11 is 0. The summed E-state index contributed by atoms with van der Waals surface area (Å²) in [5, 5.41) is 5.55. The van der Waals surface area contributed by atoms with Crippen LogP contribution in [0.15, 0.2) is 30.3 Å². The van der Waals surface area contributed by atoms with E-state index in [1.807, 2.05) is 39.0 Å². The molecule has 138 valence electrons. The van der Waals surface area contributed by atoms with E-state index < -0.39 is 6.04 Å². The van der Waals surface area contributed by atoms with Crippen LogP contribution in [0.5, 0.6) is 0 Å². The van der Waals surface area contributed by atoms with E-state index in [2.05, 4.69) is 27.7 Å². The van der Waals surface area contributed by atoms with E-state index in [4.69, 9.17) is 0 Å². The number of carbonyl (C=O) groups is 2. The Morgan fingerprint density at radius 1 is 1.16 bits per heavy atom. The highest BCUT2D eigenvalue weighted by molar-refractivity contribution is 5.88. The number of para-hydroxylation sites is 1. The molecule has 3 N–H and O–H groups in total. The lowest BCUT2D eigenvalue weighted by atomic mass is 9.86. The Morgan fingerprint density at radius 2 is 1.76 bits per heavy atom. The third kappa shape index (κ3) is 5.46. The van der Waals surface area contributed by atoms with Crippen LogP contribution in [0.1, 0.15) is 20.8 Å². The van der Waals surface area contributed by atoms with Gasteiger partial charge in [-0.2, -0.15) is 0 Å². The Bertz CT molecular complexity index is 575. The molecule has 0 aliphatic carbocycles. The molecule has 6 heteroatoms. The smallest absolute Gasteiger partial charge is 0.275 e. The van der Waals surface area contributed by atoms with Gasteiger partial charge in [0, 0.05) is 12.7 Å². The van der Waals surface area contributed by atoms with Gasteiger partial charge in [0.05, 0.1) is 26.2 Å². The van der Waals surface area contributed by atoms with Crippen LogP contribution in [-0.2, 0) is 9.59 Å². The molecule has 0 spiro atoms. The lowest BCUT2D eigenvalue weighted by Gasteiger charge is -2.34. The van der Waals surface area contributed by atoms with Gasteiger partial charge < -0.3 is 20.4 Å². The highest BCUT2D eigenvalue weighted by atomic mass is 16.2. The number of piperazine rings is 1. The van der Waals surface area contributed by atoms with Crippen LogP contribution in [0.25, 0.3) is 0 Å². The number of hydrogen-bond donors (Lipinski definition) is 3. The van der Waals surface area contributed by atoms with Gasteiger partial charge in [0.25, 0.3) is 5.91 Å². The molecule has 2 rings (SSSR count). The number of rotatable bonds is 5. The molecule has 1 aromatic rings.